The average Bonchev–Trinajstić information content (AvgIpc) is 3.47. The van der Waals surface area contributed by atoms with Crippen molar-refractivity contribution in [2.24, 2.45) is 0 Å². The monoisotopic (exact) mass is 700 g/mol. The van der Waals surface area contributed by atoms with E-state index in [-0.39, 0.29) is 24.5 Å². The Labute approximate surface area is 288 Å². The van der Waals surface area contributed by atoms with Crippen LogP contribution >= 0.6 is 11.6 Å². The topological polar surface area (TPSA) is 118 Å². The number of nitrogens with zero attached hydrogens (tertiary/aromatic N) is 2. The van der Waals surface area contributed by atoms with Crippen LogP contribution in [-0.2, 0) is 25.7 Å². The van der Waals surface area contributed by atoms with E-state index in [4.69, 9.17) is 25.8 Å². The van der Waals surface area contributed by atoms with Crippen LogP contribution in [0.25, 0.3) is 22.4 Å². The Morgan fingerprint density at radius 2 is 1.63 bits per heavy atom. The number of aromatic nitrogens is 2. The van der Waals surface area contributed by atoms with E-state index in [0.717, 1.165) is 39.4 Å². The van der Waals surface area contributed by atoms with Crippen molar-refractivity contribution in [3.63, 3.8) is 0 Å². The molecule has 0 spiro atoms. The lowest BCUT2D eigenvalue weighted by Gasteiger charge is -2.21. The lowest BCUT2D eigenvalue weighted by atomic mass is 9.95. The van der Waals surface area contributed by atoms with Crippen molar-refractivity contribution < 1.29 is 37.6 Å². The molecular weight excluding hydrogens is 661 g/mol. The summed E-state index contributed by atoms with van der Waals surface area (Å²) in [5.41, 5.74) is 4.64. The summed E-state index contributed by atoms with van der Waals surface area (Å²) in [6.45, 7) is 4.44. The summed E-state index contributed by atoms with van der Waals surface area (Å²) in [4.78, 5) is 8.72. The number of halogens is 4. The Morgan fingerprint density at radius 3 is 2.29 bits per heavy atom. The molecule has 0 unspecified atom stereocenters. The first-order valence-electron chi connectivity index (χ1n) is 15.9. The highest BCUT2D eigenvalue weighted by molar-refractivity contribution is 6.35. The standard InChI is InChI=1S/C36H40ClF3N4O5/c1-20(45)16-41-18-23-9-8-22(15-31(23)47-3)33-32(37)28(12-13-43-33)25-6-5-7-27-26(25)10-11-30(27)49-35-29(36(38,39)40)14-24(34(44-35)48-4)19-42-17-21(2)46/h5-9,12-15,20-21,30,41-42,45-46H,10-11,16-19H2,1-4H3/t20-,21-,30-/m1/s1. The normalized spacial score (nSPS) is 15.5. The average molecular weight is 701 g/mol. The van der Waals surface area contributed by atoms with E-state index >= 15 is 0 Å². The Balaban J connectivity index is 1.45. The number of methoxy groups -OCH3 is 2. The molecule has 0 aliphatic heterocycles. The minimum atomic E-state index is -4.73. The van der Waals surface area contributed by atoms with Crippen LogP contribution in [0, 0.1) is 0 Å². The predicted octanol–water partition coefficient (Wildman–Crippen LogP) is 6.51. The number of rotatable bonds is 14. The van der Waals surface area contributed by atoms with Crippen LogP contribution in [0.4, 0.5) is 13.2 Å². The molecule has 2 aromatic heterocycles. The Hall–Kier alpha value is -3.94. The van der Waals surface area contributed by atoms with Gasteiger partial charge in [-0.1, -0.05) is 41.9 Å². The second-order valence-electron chi connectivity index (χ2n) is 12.0. The zero-order chi connectivity index (χ0) is 35.3. The Kier molecular flexibility index (Phi) is 11.7. The summed E-state index contributed by atoms with van der Waals surface area (Å²) in [5, 5.41) is 25.6. The Morgan fingerprint density at radius 1 is 0.918 bits per heavy atom. The zero-order valence-corrected chi connectivity index (χ0v) is 28.5. The number of ether oxygens (including phenoxy) is 3. The number of nitrogens with one attached hydrogen (secondary N) is 2. The fourth-order valence-electron chi connectivity index (χ4n) is 5.97. The number of fused-ring (bicyclic) bond motifs is 1. The maximum absolute atomic E-state index is 14.3. The highest BCUT2D eigenvalue weighted by atomic mass is 35.5. The number of pyridine rings is 2. The van der Waals surface area contributed by atoms with E-state index in [2.05, 4.69) is 20.6 Å². The van der Waals surface area contributed by atoms with Gasteiger partial charge in [0.15, 0.2) is 0 Å². The van der Waals surface area contributed by atoms with Gasteiger partial charge in [0.1, 0.15) is 17.4 Å². The Bertz CT molecular complexity index is 1770. The van der Waals surface area contributed by atoms with Crippen molar-refractivity contribution in [2.75, 3.05) is 27.3 Å². The summed E-state index contributed by atoms with van der Waals surface area (Å²) < 4.78 is 59.9. The van der Waals surface area contributed by atoms with Gasteiger partial charge in [0.2, 0.25) is 11.8 Å². The van der Waals surface area contributed by atoms with Gasteiger partial charge in [-0.3, -0.25) is 4.98 Å². The number of aliphatic hydroxyl groups excluding tert-OH is 2. The van der Waals surface area contributed by atoms with Gasteiger partial charge in [0.25, 0.3) is 0 Å². The van der Waals surface area contributed by atoms with E-state index < -0.39 is 35.9 Å². The number of hydrogen-bond acceptors (Lipinski definition) is 9. The van der Waals surface area contributed by atoms with Gasteiger partial charge in [0.05, 0.1) is 37.1 Å². The van der Waals surface area contributed by atoms with Gasteiger partial charge in [-0.05, 0) is 61.6 Å². The summed E-state index contributed by atoms with van der Waals surface area (Å²) in [5.74, 6) is 0.0893. The molecule has 49 heavy (non-hydrogen) atoms. The van der Waals surface area contributed by atoms with E-state index in [0.29, 0.717) is 42.4 Å². The molecule has 4 aromatic rings. The molecule has 1 aliphatic rings. The van der Waals surface area contributed by atoms with Gasteiger partial charge < -0.3 is 35.1 Å². The quantitative estimate of drug-likeness (QED) is 0.117. The molecule has 4 N–H and O–H groups in total. The van der Waals surface area contributed by atoms with E-state index in [1.54, 1.807) is 27.2 Å². The predicted molar refractivity (Wildman–Crippen MR) is 181 cm³/mol. The smallest absolute Gasteiger partial charge is 0.421 e. The third-order valence-corrected chi connectivity index (χ3v) is 8.63. The first-order chi connectivity index (χ1) is 23.4. The summed E-state index contributed by atoms with van der Waals surface area (Å²) in [7, 11) is 2.92. The van der Waals surface area contributed by atoms with Crippen LogP contribution in [0.5, 0.6) is 17.5 Å². The summed E-state index contributed by atoms with van der Waals surface area (Å²) >= 11 is 7.03. The van der Waals surface area contributed by atoms with Crippen LogP contribution in [0.2, 0.25) is 5.02 Å². The van der Waals surface area contributed by atoms with Crippen LogP contribution in [0.15, 0.2) is 54.7 Å². The van der Waals surface area contributed by atoms with Crippen LogP contribution in [0.1, 0.15) is 54.2 Å². The van der Waals surface area contributed by atoms with Crippen LogP contribution in [-0.4, -0.2) is 59.7 Å². The summed E-state index contributed by atoms with van der Waals surface area (Å²) in [6.07, 6.45) is -3.91. The molecular formula is C36H40ClF3N4O5. The van der Waals surface area contributed by atoms with Crippen molar-refractivity contribution in [1.82, 2.24) is 20.6 Å². The van der Waals surface area contributed by atoms with E-state index in [1.165, 1.54) is 7.11 Å². The fourth-order valence-corrected chi connectivity index (χ4v) is 6.29. The van der Waals surface area contributed by atoms with Crippen LogP contribution < -0.4 is 24.8 Å². The maximum Gasteiger partial charge on any atom is 0.421 e. The summed E-state index contributed by atoms with van der Waals surface area (Å²) in [6, 6.07) is 14.1. The van der Waals surface area contributed by atoms with Gasteiger partial charge in [0, 0.05) is 54.6 Å². The molecule has 0 fully saturated rings. The fraction of sp³-hybridized carbons (Fsp3) is 0.389. The minimum Gasteiger partial charge on any atom is -0.496 e. The van der Waals surface area contributed by atoms with Crippen molar-refractivity contribution in [1.29, 1.82) is 0 Å². The molecule has 5 rings (SSSR count). The molecule has 1 aliphatic carbocycles. The molecule has 0 saturated carbocycles. The molecule has 3 atom stereocenters. The first kappa shape index (κ1) is 36.3. The maximum atomic E-state index is 14.3. The molecule has 13 heteroatoms. The first-order valence-corrected chi connectivity index (χ1v) is 16.3. The van der Waals surface area contributed by atoms with Crippen molar-refractivity contribution in [3.05, 3.63) is 87.6 Å². The minimum absolute atomic E-state index is 0.00449. The van der Waals surface area contributed by atoms with Crippen molar-refractivity contribution >= 4 is 11.6 Å². The third-order valence-electron chi connectivity index (χ3n) is 8.25. The van der Waals surface area contributed by atoms with Gasteiger partial charge >= 0.3 is 6.18 Å². The highest BCUT2D eigenvalue weighted by Gasteiger charge is 2.38. The zero-order valence-electron chi connectivity index (χ0n) is 27.7. The molecule has 2 aromatic carbocycles. The molecule has 9 nitrogen and oxygen atoms in total. The van der Waals surface area contributed by atoms with Crippen molar-refractivity contribution in [2.45, 2.75) is 64.3 Å². The van der Waals surface area contributed by atoms with E-state index in [1.807, 2.05) is 42.5 Å². The van der Waals surface area contributed by atoms with Gasteiger partial charge in [-0.25, -0.2) is 0 Å². The SMILES string of the molecule is COc1cc(-c2nccc(-c3cccc4c3CC[C@H]4Oc3nc(OC)c(CNC[C@@H](C)O)cc3C(F)(F)F)c2Cl)ccc1CNC[C@@H](C)O. The van der Waals surface area contributed by atoms with Crippen LogP contribution in [0.3, 0.4) is 0 Å². The lowest BCUT2D eigenvalue weighted by Crippen LogP contribution is -2.24. The molecule has 0 amide bonds. The van der Waals surface area contributed by atoms with Crippen molar-refractivity contribution in [3.8, 4) is 39.9 Å². The number of benzene rings is 2. The molecule has 2 heterocycles. The second-order valence-corrected chi connectivity index (χ2v) is 12.4. The third kappa shape index (κ3) is 8.45. The largest absolute Gasteiger partial charge is 0.496 e. The highest BCUT2D eigenvalue weighted by Crippen LogP contribution is 2.45. The molecule has 262 valence electrons. The molecule has 0 bridgehead atoms. The number of aliphatic hydroxyl groups is 2. The number of alkyl halides is 3. The van der Waals surface area contributed by atoms with E-state index in [9.17, 15) is 23.4 Å². The molecule has 0 saturated heterocycles. The van der Waals surface area contributed by atoms with Gasteiger partial charge in [-0.15, -0.1) is 0 Å². The number of hydrogen-bond donors (Lipinski definition) is 4. The van der Waals surface area contributed by atoms with Gasteiger partial charge in [-0.2, -0.15) is 18.2 Å². The molecule has 0 radical (unpaired) electrons. The lowest BCUT2D eigenvalue weighted by molar-refractivity contribution is -0.139. The second kappa shape index (κ2) is 15.7.